The van der Waals surface area contributed by atoms with Gasteiger partial charge in [0.1, 0.15) is 0 Å². The first-order valence-electron chi connectivity index (χ1n) is 7.01. The van der Waals surface area contributed by atoms with Crippen molar-refractivity contribution in [2.45, 2.75) is 32.7 Å². The lowest BCUT2D eigenvalue weighted by Crippen LogP contribution is -2.32. The highest BCUT2D eigenvalue weighted by atomic mass is 79.9. The van der Waals surface area contributed by atoms with Gasteiger partial charge >= 0.3 is 0 Å². The topological polar surface area (TPSA) is 29.9 Å². The first kappa shape index (κ1) is 13.8. The van der Waals surface area contributed by atoms with Gasteiger partial charge in [0.05, 0.1) is 11.9 Å². The minimum absolute atomic E-state index is 0.291. The smallest absolute Gasteiger partial charge is 0.0790 e. The Labute approximate surface area is 128 Å². The molecule has 106 valence electrons. The van der Waals surface area contributed by atoms with Crippen LogP contribution in [0.4, 0.5) is 0 Å². The summed E-state index contributed by atoms with van der Waals surface area (Å²) >= 11 is 3.63. The zero-order chi connectivity index (χ0) is 14.3. The maximum Gasteiger partial charge on any atom is 0.0790 e. The van der Waals surface area contributed by atoms with Gasteiger partial charge in [0, 0.05) is 21.8 Å². The number of hydrogen-bond donors (Lipinski definition) is 1. The van der Waals surface area contributed by atoms with E-state index in [0.717, 1.165) is 23.0 Å². The predicted octanol–water partition coefficient (Wildman–Crippen LogP) is 3.87. The van der Waals surface area contributed by atoms with Gasteiger partial charge in [-0.3, -0.25) is 0 Å². The van der Waals surface area contributed by atoms with Crippen LogP contribution in [-0.2, 0) is 6.42 Å². The van der Waals surface area contributed by atoms with E-state index in [0.29, 0.717) is 11.5 Å². The van der Waals surface area contributed by atoms with E-state index in [9.17, 15) is 0 Å². The lowest BCUT2D eigenvalue weighted by molar-refractivity contribution is 0.260. The first-order chi connectivity index (χ1) is 9.52. The van der Waals surface area contributed by atoms with Crippen LogP contribution in [0, 0.1) is 5.41 Å². The minimum atomic E-state index is 0.291. The highest BCUT2D eigenvalue weighted by molar-refractivity contribution is 9.10. The standard InChI is InChI=1S/C16H20BrN3/c1-16(2)8-13(18-3)11-10-19-20(15(11)9-16)14-7-5-4-6-12(14)17/h4-7,10,13,18H,8-9H2,1-3H3. The van der Waals surface area contributed by atoms with Crippen molar-refractivity contribution in [3.05, 3.63) is 46.2 Å². The third-order valence-corrected chi connectivity index (χ3v) is 4.78. The molecule has 0 radical (unpaired) electrons. The number of fused-ring (bicyclic) bond motifs is 1. The molecule has 1 unspecified atom stereocenters. The molecule has 0 amide bonds. The normalized spacial score (nSPS) is 20.7. The van der Waals surface area contributed by atoms with Crippen molar-refractivity contribution >= 4 is 15.9 Å². The van der Waals surface area contributed by atoms with Crippen LogP contribution in [0.3, 0.4) is 0 Å². The van der Waals surface area contributed by atoms with E-state index in [1.807, 2.05) is 19.3 Å². The Bertz CT molecular complexity index is 630. The Morgan fingerprint density at radius 2 is 2.10 bits per heavy atom. The fourth-order valence-corrected chi connectivity index (χ4v) is 3.58. The van der Waals surface area contributed by atoms with Gasteiger partial charge in [-0.15, -0.1) is 0 Å². The molecule has 0 aliphatic heterocycles. The van der Waals surface area contributed by atoms with E-state index < -0.39 is 0 Å². The van der Waals surface area contributed by atoms with Crippen LogP contribution in [0.25, 0.3) is 5.69 Å². The van der Waals surface area contributed by atoms with Crippen LogP contribution < -0.4 is 5.32 Å². The van der Waals surface area contributed by atoms with Crippen LogP contribution >= 0.6 is 15.9 Å². The predicted molar refractivity (Wildman–Crippen MR) is 85.2 cm³/mol. The van der Waals surface area contributed by atoms with Crippen LogP contribution in [0.2, 0.25) is 0 Å². The van der Waals surface area contributed by atoms with Crippen LogP contribution in [0.5, 0.6) is 0 Å². The van der Waals surface area contributed by atoms with E-state index in [1.54, 1.807) is 0 Å². The molecular weight excluding hydrogens is 314 g/mol. The highest BCUT2D eigenvalue weighted by Gasteiger charge is 2.34. The zero-order valence-electron chi connectivity index (χ0n) is 12.2. The lowest BCUT2D eigenvalue weighted by atomic mass is 9.74. The maximum atomic E-state index is 4.64. The molecule has 4 heteroatoms. The third-order valence-electron chi connectivity index (χ3n) is 4.11. The van der Waals surface area contributed by atoms with Gasteiger partial charge in [0.25, 0.3) is 0 Å². The van der Waals surface area contributed by atoms with Crippen molar-refractivity contribution in [1.29, 1.82) is 0 Å². The fraction of sp³-hybridized carbons (Fsp3) is 0.438. The second kappa shape index (κ2) is 5.01. The number of halogens is 1. The lowest BCUT2D eigenvalue weighted by Gasteiger charge is -2.35. The van der Waals surface area contributed by atoms with Crippen molar-refractivity contribution in [1.82, 2.24) is 15.1 Å². The summed E-state index contributed by atoms with van der Waals surface area (Å²) in [4.78, 5) is 0. The molecular formula is C16H20BrN3. The van der Waals surface area contributed by atoms with Crippen molar-refractivity contribution in [2.75, 3.05) is 7.05 Å². The van der Waals surface area contributed by atoms with E-state index in [-0.39, 0.29) is 0 Å². The molecule has 3 rings (SSSR count). The van der Waals surface area contributed by atoms with Crippen LogP contribution in [-0.4, -0.2) is 16.8 Å². The van der Waals surface area contributed by atoms with E-state index >= 15 is 0 Å². The van der Waals surface area contributed by atoms with Gasteiger partial charge in [-0.2, -0.15) is 5.10 Å². The van der Waals surface area contributed by atoms with Crippen LogP contribution in [0.1, 0.15) is 37.6 Å². The molecule has 1 N–H and O–H groups in total. The minimum Gasteiger partial charge on any atom is -0.313 e. The molecule has 1 atom stereocenters. The average molecular weight is 334 g/mol. The number of para-hydroxylation sites is 1. The first-order valence-corrected chi connectivity index (χ1v) is 7.80. The molecule has 0 saturated heterocycles. The number of rotatable bonds is 2. The van der Waals surface area contributed by atoms with Gasteiger partial charge in [-0.1, -0.05) is 26.0 Å². The van der Waals surface area contributed by atoms with Gasteiger partial charge < -0.3 is 5.32 Å². The van der Waals surface area contributed by atoms with Gasteiger partial charge in [0.15, 0.2) is 0 Å². The van der Waals surface area contributed by atoms with E-state index in [4.69, 9.17) is 0 Å². The van der Waals surface area contributed by atoms with Gasteiger partial charge in [0.2, 0.25) is 0 Å². The molecule has 1 aliphatic carbocycles. The summed E-state index contributed by atoms with van der Waals surface area (Å²) in [6, 6.07) is 8.65. The van der Waals surface area contributed by atoms with Crippen LogP contribution in [0.15, 0.2) is 34.9 Å². The van der Waals surface area contributed by atoms with E-state index in [1.165, 1.54) is 11.3 Å². The Morgan fingerprint density at radius 3 is 2.80 bits per heavy atom. The number of aromatic nitrogens is 2. The van der Waals surface area contributed by atoms with E-state index in [2.05, 4.69) is 63.1 Å². The Balaban J connectivity index is 2.13. The number of nitrogens with one attached hydrogen (secondary N) is 1. The number of hydrogen-bond acceptors (Lipinski definition) is 2. The monoisotopic (exact) mass is 333 g/mol. The summed E-state index contributed by atoms with van der Waals surface area (Å²) in [5, 5.41) is 8.07. The molecule has 0 bridgehead atoms. The second-order valence-corrected chi connectivity index (χ2v) is 7.15. The SMILES string of the molecule is CNC1CC(C)(C)Cc2c1cnn2-c1ccccc1Br. The molecule has 0 fully saturated rings. The summed E-state index contributed by atoms with van der Waals surface area (Å²) in [7, 11) is 2.03. The largest absolute Gasteiger partial charge is 0.313 e. The second-order valence-electron chi connectivity index (χ2n) is 6.30. The summed E-state index contributed by atoms with van der Waals surface area (Å²) in [6.07, 6.45) is 4.23. The zero-order valence-corrected chi connectivity index (χ0v) is 13.7. The Hall–Kier alpha value is -1.13. The molecule has 20 heavy (non-hydrogen) atoms. The summed E-state index contributed by atoms with van der Waals surface area (Å²) in [6.45, 7) is 4.66. The molecule has 2 aromatic rings. The highest BCUT2D eigenvalue weighted by Crippen LogP contribution is 2.41. The summed E-state index contributed by atoms with van der Waals surface area (Å²) in [5.74, 6) is 0. The number of benzene rings is 1. The third kappa shape index (κ3) is 2.31. The van der Waals surface area contributed by atoms with Crippen molar-refractivity contribution in [2.24, 2.45) is 5.41 Å². The van der Waals surface area contributed by atoms with Gasteiger partial charge in [-0.05, 0) is 53.4 Å². The van der Waals surface area contributed by atoms with Crippen molar-refractivity contribution in [3.8, 4) is 5.69 Å². The average Bonchev–Trinajstić information content (AvgIpc) is 2.80. The maximum absolute atomic E-state index is 4.64. The van der Waals surface area contributed by atoms with Crippen molar-refractivity contribution in [3.63, 3.8) is 0 Å². The molecule has 0 spiro atoms. The van der Waals surface area contributed by atoms with Gasteiger partial charge in [-0.25, -0.2) is 4.68 Å². The molecule has 3 nitrogen and oxygen atoms in total. The molecule has 0 saturated carbocycles. The molecule has 1 aliphatic rings. The molecule has 1 heterocycles. The summed E-state index contributed by atoms with van der Waals surface area (Å²) < 4.78 is 3.17. The Kier molecular flexibility index (Phi) is 3.46. The van der Waals surface area contributed by atoms with Crippen molar-refractivity contribution < 1.29 is 0 Å². The quantitative estimate of drug-likeness (QED) is 0.904. The summed E-state index contributed by atoms with van der Waals surface area (Å²) in [5.41, 5.74) is 4.07. The molecule has 1 aromatic carbocycles. The molecule has 1 aromatic heterocycles. The number of nitrogens with zero attached hydrogens (tertiary/aromatic N) is 2. The Morgan fingerprint density at radius 1 is 1.35 bits per heavy atom. The fourth-order valence-electron chi connectivity index (χ4n) is 3.13.